The van der Waals surface area contributed by atoms with Crippen LogP contribution in [0.2, 0.25) is 0 Å². The van der Waals surface area contributed by atoms with Crippen LogP contribution in [0, 0.1) is 0 Å². The monoisotopic (exact) mass is 236 g/mol. The molecule has 0 aliphatic rings. The molecule has 0 atom stereocenters. The number of hydrogen-bond donors (Lipinski definition) is 0. The second-order valence-electron chi connectivity index (χ2n) is 4.53. The molecule has 90 valence electrons. The lowest BCUT2D eigenvalue weighted by molar-refractivity contribution is 1.10. The van der Waals surface area contributed by atoms with Gasteiger partial charge in [-0.15, -0.1) is 10.2 Å². The highest BCUT2D eigenvalue weighted by Gasteiger charge is 2.09. The average Bonchev–Trinajstić information content (AvgIpc) is 2.45. The number of rotatable bonds is 2. The van der Waals surface area contributed by atoms with E-state index < -0.39 is 0 Å². The Morgan fingerprint density at radius 2 is 1.17 bits per heavy atom. The third-order valence-electron chi connectivity index (χ3n) is 3.53. The van der Waals surface area contributed by atoms with Gasteiger partial charge in [-0.25, -0.2) is 0 Å². The predicted octanol–water partition coefficient (Wildman–Crippen LogP) is 3.91. The highest BCUT2D eigenvalue weighted by Crippen LogP contribution is 2.28. The minimum absolute atomic E-state index is 1.00. The fourth-order valence-electron chi connectivity index (χ4n) is 2.61. The van der Waals surface area contributed by atoms with Crippen LogP contribution in [0.1, 0.15) is 25.0 Å². The lowest BCUT2D eigenvalue weighted by Gasteiger charge is -2.10. The summed E-state index contributed by atoms with van der Waals surface area (Å²) in [7, 11) is 0. The molecule has 0 aliphatic heterocycles. The molecule has 0 N–H and O–H groups in total. The Bertz CT molecular complexity index is 654. The molecule has 1 aromatic heterocycles. The van der Waals surface area contributed by atoms with Crippen molar-refractivity contribution in [2.24, 2.45) is 0 Å². The zero-order valence-electron chi connectivity index (χ0n) is 10.8. The van der Waals surface area contributed by atoms with Gasteiger partial charge in [0.25, 0.3) is 0 Å². The number of benzene rings is 2. The molecule has 0 aliphatic carbocycles. The van der Waals surface area contributed by atoms with Crippen molar-refractivity contribution in [2.75, 3.05) is 0 Å². The van der Waals surface area contributed by atoms with Gasteiger partial charge in [0.2, 0.25) is 0 Å². The molecule has 18 heavy (non-hydrogen) atoms. The molecule has 0 radical (unpaired) electrons. The van der Waals surface area contributed by atoms with Crippen molar-refractivity contribution in [3.63, 3.8) is 0 Å². The first-order chi connectivity index (χ1) is 8.85. The van der Waals surface area contributed by atoms with E-state index in [-0.39, 0.29) is 0 Å². The molecule has 3 rings (SSSR count). The van der Waals surface area contributed by atoms with E-state index in [0.717, 1.165) is 23.9 Å². The quantitative estimate of drug-likeness (QED) is 0.630. The van der Waals surface area contributed by atoms with Gasteiger partial charge in [-0.05, 0) is 36.1 Å². The van der Waals surface area contributed by atoms with Crippen LogP contribution in [-0.4, -0.2) is 10.2 Å². The minimum Gasteiger partial charge on any atom is -0.150 e. The Balaban J connectivity index is 2.57. The third kappa shape index (κ3) is 1.57. The largest absolute Gasteiger partial charge is 0.150 e. The van der Waals surface area contributed by atoms with Crippen molar-refractivity contribution in [1.82, 2.24) is 10.2 Å². The highest BCUT2D eigenvalue weighted by atomic mass is 15.1. The van der Waals surface area contributed by atoms with Gasteiger partial charge in [-0.2, -0.15) is 0 Å². The van der Waals surface area contributed by atoms with Gasteiger partial charge in [0.15, 0.2) is 0 Å². The van der Waals surface area contributed by atoms with E-state index in [1.165, 1.54) is 21.9 Å². The summed E-state index contributed by atoms with van der Waals surface area (Å²) in [6.45, 7) is 4.38. The molecule has 0 spiro atoms. The van der Waals surface area contributed by atoms with Gasteiger partial charge in [-0.1, -0.05) is 38.1 Å². The molecule has 0 saturated heterocycles. The van der Waals surface area contributed by atoms with E-state index in [1.54, 1.807) is 0 Å². The van der Waals surface area contributed by atoms with Crippen LogP contribution < -0.4 is 0 Å². The van der Waals surface area contributed by atoms with Crippen molar-refractivity contribution >= 4 is 21.8 Å². The summed E-state index contributed by atoms with van der Waals surface area (Å²) in [5.74, 6) is 0. The van der Waals surface area contributed by atoms with Crippen LogP contribution in [0.15, 0.2) is 36.4 Å². The van der Waals surface area contributed by atoms with Gasteiger partial charge < -0.3 is 0 Å². The second-order valence-corrected chi connectivity index (χ2v) is 4.53. The third-order valence-corrected chi connectivity index (χ3v) is 3.53. The van der Waals surface area contributed by atoms with Gasteiger partial charge in [-0.3, -0.25) is 0 Å². The second kappa shape index (κ2) is 4.37. The maximum Gasteiger partial charge on any atom is 0.0939 e. The molecule has 2 aromatic carbocycles. The van der Waals surface area contributed by atoms with Crippen LogP contribution in [0.3, 0.4) is 0 Å². The average molecular weight is 236 g/mol. The summed E-state index contributed by atoms with van der Waals surface area (Å²) in [6, 6.07) is 12.6. The topological polar surface area (TPSA) is 25.8 Å². The van der Waals surface area contributed by atoms with Crippen LogP contribution in [-0.2, 0) is 12.8 Å². The molecular weight excluding hydrogens is 220 g/mol. The summed E-state index contributed by atoms with van der Waals surface area (Å²) < 4.78 is 0. The van der Waals surface area contributed by atoms with E-state index in [9.17, 15) is 0 Å². The summed E-state index contributed by atoms with van der Waals surface area (Å²) in [6.07, 6.45) is 2.05. The molecule has 2 nitrogen and oxygen atoms in total. The normalized spacial score (nSPS) is 11.2. The van der Waals surface area contributed by atoms with Crippen molar-refractivity contribution in [3.05, 3.63) is 47.5 Å². The zero-order chi connectivity index (χ0) is 12.5. The van der Waals surface area contributed by atoms with Gasteiger partial charge in [0.1, 0.15) is 0 Å². The van der Waals surface area contributed by atoms with E-state index in [2.05, 4.69) is 48.3 Å². The number of fused-ring (bicyclic) bond motifs is 3. The maximum absolute atomic E-state index is 4.34. The van der Waals surface area contributed by atoms with Gasteiger partial charge in [0, 0.05) is 10.8 Å². The number of aromatic nitrogens is 2. The Morgan fingerprint density at radius 1 is 0.722 bits per heavy atom. The molecule has 0 saturated carbocycles. The molecule has 0 unspecified atom stereocenters. The molecule has 1 heterocycles. The molecule has 0 bridgehead atoms. The number of nitrogens with zero attached hydrogens (tertiary/aromatic N) is 2. The van der Waals surface area contributed by atoms with Crippen LogP contribution in [0.5, 0.6) is 0 Å². The van der Waals surface area contributed by atoms with Gasteiger partial charge >= 0.3 is 0 Å². The lowest BCUT2D eigenvalue weighted by atomic mass is 9.97. The predicted molar refractivity (Wildman–Crippen MR) is 75.8 cm³/mol. The lowest BCUT2D eigenvalue weighted by Crippen LogP contribution is -1.94. The first-order valence-corrected chi connectivity index (χ1v) is 6.51. The molecule has 0 amide bonds. The molecule has 0 fully saturated rings. The van der Waals surface area contributed by atoms with Crippen LogP contribution >= 0.6 is 0 Å². The highest BCUT2D eigenvalue weighted by molar-refractivity contribution is 6.07. The van der Waals surface area contributed by atoms with E-state index in [4.69, 9.17) is 0 Å². The number of aryl methyl sites for hydroxylation is 2. The van der Waals surface area contributed by atoms with Crippen LogP contribution in [0.4, 0.5) is 0 Å². The first kappa shape index (κ1) is 11.1. The maximum atomic E-state index is 4.34. The molecular formula is C16H16N2. The van der Waals surface area contributed by atoms with Crippen LogP contribution in [0.25, 0.3) is 21.8 Å². The zero-order valence-corrected chi connectivity index (χ0v) is 10.8. The van der Waals surface area contributed by atoms with Crippen molar-refractivity contribution < 1.29 is 0 Å². The van der Waals surface area contributed by atoms with Crippen molar-refractivity contribution in [2.45, 2.75) is 26.7 Å². The molecule has 2 heteroatoms. The smallest absolute Gasteiger partial charge is 0.0939 e. The minimum atomic E-state index is 1.00. The Morgan fingerprint density at radius 3 is 1.56 bits per heavy atom. The fraction of sp³-hybridized carbons (Fsp3) is 0.250. The summed E-state index contributed by atoms with van der Waals surface area (Å²) in [4.78, 5) is 0. The first-order valence-electron chi connectivity index (χ1n) is 6.51. The number of hydrogen-bond acceptors (Lipinski definition) is 2. The van der Waals surface area contributed by atoms with Crippen molar-refractivity contribution in [1.29, 1.82) is 0 Å². The van der Waals surface area contributed by atoms with E-state index >= 15 is 0 Å². The summed E-state index contributed by atoms with van der Waals surface area (Å²) in [5.41, 5.74) is 4.71. The van der Waals surface area contributed by atoms with Crippen molar-refractivity contribution in [3.8, 4) is 0 Å². The Kier molecular flexibility index (Phi) is 2.71. The Hall–Kier alpha value is -1.96. The van der Waals surface area contributed by atoms with E-state index in [1.807, 2.05) is 12.1 Å². The van der Waals surface area contributed by atoms with E-state index in [0.29, 0.717) is 0 Å². The molecule has 3 aromatic rings. The SMILES string of the molecule is CCc1cccc2nnc3cccc(CC)c3c12. The Labute approximate surface area is 107 Å². The summed E-state index contributed by atoms with van der Waals surface area (Å²) >= 11 is 0. The van der Waals surface area contributed by atoms with Gasteiger partial charge in [0.05, 0.1) is 11.0 Å². The summed E-state index contributed by atoms with van der Waals surface area (Å²) in [5, 5.41) is 11.2. The fourth-order valence-corrected chi connectivity index (χ4v) is 2.61. The standard InChI is InChI=1S/C16H16N2/c1-3-11-7-5-9-13-15(11)16-12(4-2)8-6-10-14(16)18-17-13/h5-10H,3-4H2,1-2H3.